The predicted molar refractivity (Wildman–Crippen MR) is 78.7 cm³/mol. The van der Waals surface area contributed by atoms with E-state index in [0.29, 0.717) is 12.7 Å². The van der Waals surface area contributed by atoms with Gasteiger partial charge in [0.05, 0.1) is 11.4 Å². The number of carbonyl (C=O) groups excluding carboxylic acids is 1. The van der Waals surface area contributed by atoms with Gasteiger partial charge >= 0.3 is 0 Å². The van der Waals surface area contributed by atoms with Crippen LogP contribution in [0.15, 0.2) is 29.2 Å². The van der Waals surface area contributed by atoms with Crippen molar-refractivity contribution in [3.05, 3.63) is 29.8 Å². The van der Waals surface area contributed by atoms with Crippen molar-refractivity contribution in [2.75, 3.05) is 13.1 Å². The Kier molecular flexibility index (Phi) is 6.43. The number of aldehydes is 1. The summed E-state index contributed by atoms with van der Waals surface area (Å²) >= 11 is 0. The fourth-order valence-electron chi connectivity index (χ4n) is 1.61. The maximum absolute atomic E-state index is 12.5. The van der Waals surface area contributed by atoms with Crippen molar-refractivity contribution in [3.8, 4) is 11.8 Å². The summed E-state index contributed by atoms with van der Waals surface area (Å²) in [5.41, 5.74) is 0.995. The van der Waals surface area contributed by atoms with E-state index in [-0.39, 0.29) is 24.4 Å². The van der Waals surface area contributed by atoms with Crippen molar-refractivity contribution in [1.82, 2.24) is 4.31 Å². The number of rotatable bonds is 6. The second-order valence-corrected chi connectivity index (χ2v) is 6.25. The van der Waals surface area contributed by atoms with Gasteiger partial charge in [-0.1, -0.05) is 30.5 Å². The number of carbonyl (C=O) groups is 1. The molecular weight excluding hydrogens is 274 g/mol. The first-order valence-electron chi connectivity index (χ1n) is 6.48. The highest BCUT2D eigenvalue weighted by molar-refractivity contribution is 7.89. The first kappa shape index (κ1) is 16.4. The van der Waals surface area contributed by atoms with Crippen LogP contribution in [-0.2, 0) is 14.8 Å². The van der Waals surface area contributed by atoms with Crippen LogP contribution in [0.25, 0.3) is 0 Å². The van der Waals surface area contributed by atoms with Gasteiger partial charge in [-0.25, -0.2) is 8.42 Å². The summed E-state index contributed by atoms with van der Waals surface area (Å²) in [6, 6.07) is 6.66. The van der Waals surface area contributed by atoms with E-state index in [1.807, 2.05) is 13.8 Å². The third kappa shape index (κ3) is 4.48. The molecule has 0 aliphatic carbocycles. The molecule has 0 bridgehead atoms. The minimum absolute atomic E-state index is 0.109. The molecule has 20 heavy (non-hydrogen) atoms. The maximum atomic E-state index is 12.5. The Morgan fingerprint density at radius 3 is 2.40 bits per heavy atom. The minimum atomic E-state index is -3.60. The van der Waals surface area contributed by atoms with Gasteiger partial charge in [-0.2, -0.15) is 4.31 Å². The van der Waals surface area contributed by atoms with Gasteiger partial charge in [0.1, 0.15) is 6.29 Å². The van der Waals surface area contributed by atoms with E-state index in [0.717, 1.165) is 5.56 Å². The fraction of sp³-hybridized carbons (Fsp3) is 0.400. The van der Waals surface area contributed by atoms with Crippen LogP contribution in [0.5, 0.6) is 0 Å². The Bertz CT molecular complexity index is 594. The number of aryl methyl sites for hydroxylation is 1. The molecule has 0 N–H and O–H groups in total. The second kappa shape index (κ2) is 7.83. The van der Waals surface area contributed by atoms with Crippen molar-refractivity contribution in [3.63, 3.8) is 0 Å². The lowest BCUT2D eigenvalue weighted by atomic mass is 10.2. The highest BCUT2D eigenvalue weighted by Crippen LogP contribution is 2.16. The van der Waals surface area contributed by atoms with Gasteiger partial charge < -0.3 is 4.79 Å². The zero-order valence-corrected chi connectivity index (χ0v) is 12.6. The van der Waals surface area contributed by atoms with Crippen molar-refractivity contribution >= 4 is 16.3 Å². The SMILES string of the molecule is CCC#CCN(CCC=O)S(=O)(=O)c1ccc(C)cc1. The van der Waals surface area contributed by atoms with Crippen LogP contribution >= 0.6 is 0 Å². The lowest BCUT2D eigenvalue weighted by molar-refractivity contribution is -0.107. The molecule has 0 heterocycles. The van der Waals surface area contributed by atoms with Gasteiger partial charge in [0.15, 0.2) is 0 Å². The molecule has 5 heteroatoms. The molecule has 1 aromatic rings. The first-order valence-corrected chi connectivity index (χ1v) is 7.92. The predicted octanol–water partition coefficient (Wildman–Crippen LogP) is 1.99. The molecule has 0 aliphatic rings. The largest absolute Gasteiger partial charge is 0.303 e. The third-order valence-corrected chi connectivity index (χ3v) is 4.57. The Balaban J connectivity index is 3.02. The zero-order valence-electron chi connectivity index (χ0n) is 11.8. The fourth-order valence-corrected chi connectivity index (χ4v) is 2.97. The number of hydrogen-bond acceptors (Lipinski definition) is 3. The summed E-state index contributed by atoms with van der Waals surface area (Å²) in [5.74, 6) is 5.66. The van der Waals surface area contributed by atoms with Gasteiger partial charge in [-0.3, -0.25) is 0 Å². The van der Waals surface area contributed by atoms with Gasteiger partial charge in [-0.05, 0) is 19.1 Å². The van der Waals surface area contributed by atoms with Crippen LogP contribution in [0, 0.1) is 18.8 Å². The second-order valence-electron chi connectivity index (χ2n) is 4.31. The van der Waals surface area contributed by atoms with Crippen LogP contribution in [0.4, 0.5) is 0 Å². The lowest BCUT2D eigenvalue weighted by Gasteiger charge is -2.19. The highest BCUT2D eigenvalue weighted by Gasteiger charge is 2.23. The summed E-state index contributed by atoms with van der Waals surface area (Å²) in [6.45, 7) is 4.06. The Hall–Kier alpha value is -1.64. The molecule has 0 saturated carbocycles. The lowest BCUT2D eigenvalue weighted by Crippen LogP contribution is -2.32. The molecule has 0 aliphatic heterocycles. The first-order chi connectivity index (χ1) is 9.52. The van der Waals surface area contributed by atoms with Crippen molar-refractivity contribution in [2.24, 2.45) is 0 Å². The number of nitrogens with zero attached hydrogens (tertiary/aromatic N) is 1. The molecule has 0 amide bonds. The molecule has 1 aromatic carbocycles. The molecule has 108 valence electrons. The molecule has 0 radical (unpaired) electrons. The van der Waals surface area contributed by atoms with E-state index >= 15 is 0 Å². The third-order valence-electron chi connectivity index (χ3n) is 2.71. The molecule has 0 saturated heterocycles. The minimum Gasteiger partial charge on any atom is -0.303 e. The van der Waals surface area contributed by atoms with Crippen molar-refractivity contribution in [1.29, 1.82) is 0 Å². The molecular formula is C15H19NO3S. The van der Waals surface area contributed by atoms with E-state index in [4.69, 9.17) is 0 Å². The average molecular weight is 293 g/mol. The molecule has 0 unspecified atom stereocenters. The van der Waals surface area contributed by atoms with E-state index in [1.165, 1.54) is 4.31 Å². The van der Waals surface area contributed by atoms with Crippen LogP contribution in [0.2, 0.25) is 0 Å². The monoisotopic (exact) mass is 293 g/mol. The number of hydrogen-bond donors (Lipinski definition) is 0. The van der Waals surface area contributed by atoms with Gasteiger partial charge in [0, 0.05) is 19.4 Å². The molecule has 1 rings (SSSR count). The normalized spacial score (nSPS) is 10.9. The molecule has 4 nitrogen and oxygen atoms in total. The Morgan fingerprint density at radius 1 is 1.20 bits per heavy atom. The Morgan fingerprint density at radius 2 is 1.85 bits per heavy atom. The number of sulfonamides is 1. The standard InChI is InChI=1S/C15H19NO3S/c1-3-4-5-11-16(12-6-13-17)20(18,19)15-9-7-14(2)8-10-15/h7-10,13H,3,6,11-12H2,1-2H3. The smallest absolute Gasteiger partial charge is 0.243 e. The van der Waals surface area contributed by atoms with Crippen LogP contribution in [0.1, 0.15) is 25.3 Å². The van der Waals surface area contributed by atoms with Crippen molar-refractivity contribution in [2.45, 2.75) is 31.6 Å². The topological polar surface area (TPSA) is 54.5 Å². The van der Waals surface area contributed by atoms with E-state index in [2.05, 4.69) is 11.8 Å². The van der Waals surface area contributed by atoms with Crippen LogP contribution in [-0.4, -0.2) is 32.1 Å². The van der Waals surface area contributed by atoms with Gasteiger partial charge in [0.2, 0.25) is 10.0 Å². The zero-order chi connectivity index (χ0) is 15.0. The summed E-state index contributed by atoms with van der Waals surface area (Å²) < 4.78 is 26.2. The summed E-state index contributed by atoms with van der Waals surface area (Å²) in [5, 5.41) is 0. The highest BCUT2D eigenvalue weighted by atomic mass is 32.2. The van der Waals surface area contributed by atoms with Gasteiger partial charge in [0.25, 0.3) is 0 Å². The quantitative estimate of drug-likeness (QED) is 0.595. The Labute approximate surface area is 120 Å². The molecule has 0 atom stereocenters. The van der Waals surface area contributed by atoms with E-state index in [1.54, 1.807) is 24.3 Å². The van der Waals surface area contributed by atoms with Crippen molar-refractivity contribution < 1.29 is 13.2 Å². The summed E-state index contributed by atoms with van der Waals surface area (Å²) in [7, 11) is -3.60. The van der Waals surface area contributed by atoms with E-state index < -0.39 is 10.0 Å². The van der Waals surface area contributed by atoms with Gasteiger partial charge in [-0.15, -0.1) is 5.92 Å². The molecule has 0 fully saturated rings. The molecule has 0 spiro atoms. The average Bonchev–Trinajstić information content (AvgIpc) is 2.43. The van der Waals surface area contributed by atoms with E-state index in [9.17, 15) is 13.2 Å². The maximum Gasteiger partial charge on any atom is 0.243 e. The van der Waals surface area contributed by atoms with Crippen LogP contribution < -0.4 is 0 Å². The number of benzene rings is 1. The summed E-state index contributed by atoms with van der Waals surface area (Å²) in [6.07, 6.45) is 1.55. The summed E-state index contributed by atoms with van der Waals surface area (Å²) in [4.78, 5) is 10.7. The molecule has 0 aromatic heterocycles. The van der Waals surface area contributed by atoms with Crippen LogP contribution in [0.3, 0.4) is 0 Å².